The molecule has 9 heteroatoms. The Hall–Kier alpha value is -2.94. The molecule has 0 saturated heterocycles. The van der Waals surface area contributed by atoms with Gasteiger partial charge in [-0.3, -0.25) is 14.9 Å². The lowest BCUT2D eigenvalue weighted by Gasteiger charge is -2.30. The van der Waals surface area contributed by atoms with E-state index in [2.05, 4.69) is 26.6 Å². The number of nitrogens with zero attached hydrogens (tertiary/aromatic N) is 3. The molecule has 0 aliphatic heterocycles. The Balaban J connectivity index is 1.43. The number of benzene rings is 1. The van der Waals surface area contributed by atoms with Crippen LogP contribution < -0.4 is 5.32 Å². The fourth-order valence-corrected chi connectivity index (χ4v) is 4.50. The van der Waals surface area contributed by atoms with Gasteiger partial charge in [-0.1, -0.05) is 12.1 Å². The molecule has 2 aromatic heterocycles. The number of aromatic nitrogens is 3. The number of alkyl halides is 3. The first kappa shape index (κ1) is 23.2. The van der Waals surface area contributed by atoms with Crippen molar-refractivity contribution in [2.75, 3.05) is 20.6 Å². The molecule has 0 radical (unpaired) electrons. The summed E-state index contributed by atoms with van der Waals surface area (Å²) in [5.74, 6) is -1.32. The van der Waals surface area contributed by atoms with Gasteiger partial charge in [0.05, 0.1) is 17.1 Å². The molecule has 1 aliphatic carbocycles. The van der Waals surface area contributed by atoms with Crippen molar-refractivity contribution >= 4 is 16.8 Å². The molecule has 1 fully saturated rings. The zero-order valence-electron chi connectivity index (χ0n) is 18.7. The summed E-state index contributed by atoms with van der Waals surface area (Å²) in [7, 11) is 3.85. The van der Waals surface area contributed by atoms with Crippen LogP contribution in [0.4, 0.5) is 13.2 Å². The van der Waals surface area contributed by atoms with E-state index in [0.717, 1.165) is 16.5 Å². The van der Waals surface area contributed by atoms with Gasteiger partial charge in [0.1, 0.15) is 0 Å². The summed E-state index contributed by atoms with van der Waals surface area (Å²) < 4.78 is 41.6. The van der Waals surface area contributed by atoms with Crippen molar-refractivity contribution in [2.24, 2.45) is 5.41 Å². The van der Waals surface area contributed by atoms with Crippen molar-refractivity contribution in [3.8, 4) is 0 Å². The molecule has 0 spiro atoms. The van der Waals surface area contributed by atoms with E-state index in [4.69, 9.17) is 0 Å². The lowest BCUT2D eigenvalue weighted by Crippen LogP contribution is -2.42. The minimum atomic E-state index is -4.36. The van der Waals surface area contributed by atoms with E-state index in [1.54, 1.807) is 18.3 Å². The molecule has 6 nitrogen and oxygen atoms in total. The van der Waals surface area contributed by atoms with Crippen molar-refractivity contribution in [1.82, 2.24) is 25.4 Å². The van der Waals surface area contributed by atoms with E-state index in [1.165, 1.54) is 12.4 Å². The van der Waals surface area contributed by atoms with Gasteiger partial charge < -0.3 is 10.2 Å². The summed E-state index contributed by atoms with van der Waals surface area (Å²) >= 11 is 0. The standard InChI is InChI=1S/C24H28F3N5O/c1-32(2)19(11-16-5-6-21-18(10-16)14-30-31-21)15-29-22(33)12-20(17-4-3-9-28-13-17)23(7-8-23)24(25,26)27/h3-6,9-10,13-14,19-20H,7-8,11-12,15H2,1-2H3,(H,29,33)(H,30,31). The highest BCUT2D eigenvalue weighted by atomic mass is 19.4. The monoisotopic (exact) mass is 459 g/mol. The van der Waals surface area contributed by atoms with Gasteiger partial charge in [0, 0.05) is 42.7 Å². The van der Waals surface area contributed by atoms with Crippen LogP contribution in [0.3, 0.4) is 0 Å². The molecule has 2 unspecified atom stereocenters. The van der Waals surface area contributed by atoms with Gasteiger partial charge in [0.25, 0.3) is 0 Å². The highest BCUT2D eigenvalue weighted by Gasteiger charge is 2.67. The molecule has 176 valence electrons. The van der Waals surface area contributed by atoms with E-state index < -0.39 is 17.5 Å². The SMILES string of the molecule is CN(C)C(CNC(=O)CC(c1cccnc1)C1(C(F)(F)F)CC1)Cc1ccc2[nH]ncc2c1. The molecule has 1 aromatic carbocycles. The maximum atomic E-state index is 13.9. The predicted octanol–water partition coefficient (Wildman–Crippen LogP) is 4.06. The molecular weight excluding hydrogens is 431 g/mol. The Morgan fingerprint density at radius 2 is 2.03 bits per heavy atom. The molecule has 3 aromatic rings. The summed E-state index contributed by atoms with van der Waals surface area (Å²) in [6, 6.07) is 9.27. The van der Waals surface area contributed by atoms with Gasteiger partial charge in [0.15, 0.2) is 0 Å². The van der Waals surface area contributed by atoms with Crippen LogP contribution in [0.5, 0.6) is 0 Å². The number of amides is 1. The Kier molecular flexibility index (Phi) is 6.43. The molecule has 2 atom stereocenters. The van der Waals surface area contributed by atoms with Gasteiger partial charge in [-0.05, 0) is 62.7 Å². The summed E-state index contributed by atoms with van der Waals surface area (Å²) in [6.45, 7) is 0.341. The zero-order valence-corrected chi connectivity index (χ0v) is 18.7. The Morgan fingerprint density at radius 1 is 1.24 bits per heavy atom. The van der Waals surface area contributed by atoms with Crippen LogP contribution in [-0.2, 0) is 11.2 Å². The number of H-pyrrole nitrogens is 1. The second-order valence-electron chi connectivity index (χ2n) is 9.11. The first-order chi connectivity index (χ1) is 15.7. The van der Waals surface area contributed by atoms with Gasteiger partial charge >= 0.3 is 6.18 Å². The minimum absolute atomic E-state index is 0.00681. The van der Waals surface area contributed by atoms with Crippen LogP contribution in [0.15, 0.2) is 48.9 Å². The van der Waals surface area contributed by atoms with Crippen molar-refractivity contribution in [3.05, 3.63) is 60.0 Å². The predicted molar refractivity (Wildman–Crippen MR) is 120 cm³/mol. The highest BCUT2D eigenvalue weighted by Crippen LogP contribution is 2.66. The Labute approximate surface area is 190 Å². The summed E-state index contributed by atoms with van der Waals surface area (Å²) in [4.78, 5) is 18.8. The quantitative estimate of drug-likeness (QED) is 0.506. The van der Waals surface area contributed by atoms with Crippen molar-refractivity contribution in [1.29, 1.82) is 0 Å². The van der Waals surface area contributed by atoms with Crippen molar-refractivity contribution in [3.63, 3.8) is 0 Å². The van der Waals surface area contributed by atoms with E-state index in [0.29, 0.717) is 18.5 Å². The minimum Gasteiger partial charge on any atom is -0.355 e. The van der Waals surface area contributed by atoms with Gasteiger partial charge in [-0.15, -0.1) is 0 Å². The number of carbonyl (C=O) groups excluding carboxylic acids is 1. The Bertz CT molecular complexity index is 1090. The normalized spacial score (nSPS) is 17.2. The molecule has 1 aliphatic rings. The van der Waals surface area contributed by atoms with E-state index >= 15 is 0 Å². The maximum absolute atomic E-state index is 13.9. The first-order valence-electron chi connectivity index (χ1n) is 11.0. The number of hydrogen-bond donors (Lipinski definition) is 2. The zero-order chi connectivity index (χ0) is 23.6. The van der Waals surface area contributed by atoms with Gasteiger partial charge in [-0.25, -0.2) is 0 Å². The summed E-state index contributed by atoms with van der Waals surface area (Å²) in [5, 5.41) is 10.8. The number of nitrogens with one attached hydrogen (secondary N) is 2. The van der Waals surface area contributed by atoms with Crippen LogP contribution in [0.1, 0.15) is 36.3 Å². The number of carbonyl (C=O) groups is 1. The van der Waals surface area contributed by atoms with Crippen molar-refractivity contribution in [2.45, 2.75) is 43.8 Å². The van der Waals surface area contributed by atoms with Crippen LogP contribution in [0.2, 0.25) is 0 Å². The fraction of sp³-hybridized carbons (Fsp3) is 0.458. The molecule has 1 saturated carbocycles. The number of rotatable bonds is 9. The van der Waals surface area contributed by atoms with Crippen LogP contribution in [0.25, 0.3) is 10.9 Å². The second-order valence-corrected chi connectivity index (χ2v) is 9.11. The van der Waals surface area contributed by atoms with Gasteiger partial charge in [-0.2, -0.15) is 18.3 Å². The number of fused-ring (bicyclic) bond motifs is 1. The fourth-order valence-electron chi connectivity index (χ4n) is 4.50. The maximum Gasteiger partial charge on any atom is 0.395 e. The number of hydrogen-bond acceptors (Lipinski definition) is 4. The third-order valence-electron chi connectivity index (χ3n) is 6.74. The topological polar surface area (TPSA) is 73.9 Å². The van der Waals surface area contributed by atoms with Crippen LogP contribution in [0, 0.1) is 5.41 Å². The first-order valence-corrected chi connectivity index (χ1v) is 11.0. The van der Waals surface area contributed by atoms with Crippen LogP contribution >= 0.6 is 0 Å². The second kappa shape index (κ2) is 9.13. The smallest absolute Gasteiger partial charge is 0.355 e. The van der Waals surface area contributed by atoms with E-state index in [1.807, 2.05) is 31.1 Å². The van der Waals surface area contributed by atoms with E-state index in [9.17, 15) is 18.0 Å². The molecule has 2 heterocycles. The molecule has 2 N–H and O–H groups in total. The number of pyridine rings is 1. The third kappa shape index (κ3) is 5.03. The van der Waals surface area contributed by atoms with Gasteiger partial charge in [0.2, 0.25) is 5.91 Å². The highest BCUT2D eigenvalue weighted by molar-refractivity contribution is 5.78. The molecular formula is C24H28F3N5O. The molecule has 4 rings (SSSR count). The number of likely N-dealkylation sites (N-methyl/N-ethyl adjacent to an activating group) is 1. The summed E-state index contributed by atoms with van der Waals surface area (Å²) in [5.41, 5.74) is 0.668. The van der Waals surface area contributed by atoms with Crippen molar-refractivity contribution < 1.29 is 18.0 Å². The summed E-state index contributed by atoms with van der Waals surface area (Å²) in [6.07, 6.45) is 0.929. The lowest BCUT2D eigenvalue weighted by atomic mass is 9.80. The average molecular weight is 460 g/mol. The Morgan fingerprint density at radius 3 is 2.67 bits per heavy atom. The molecule has 0 bridgehead atoms. The lowest BCUT2D eigenvalue weighted by molar-refractivity contribution is -0.194. The molecule has 1 amide bonds. The largest absolute Gasteiger partial charge is 0.395 e. The molecule has 33 heavy (non-hydrogen) atoms. The number of halogens is 3. The average Bonchev–Trinajstić information content (AvgIpc) is 3.47. The number of aromatic amines is 1. The third-order valence-corrected chi connectivity index (χ3v) is 6.74. The van der Waals surface area contributed by atoms with Crippen LogP contribution in [-0.4, -0.2) is 58.8 Å². The van der Waals surface area contributed by atoms with E-state index in [-0.39, 0.29) is 31.2 Å².